The van der Waals surface area contributed by atoms with Crippen LogP contribution >= 0.6 is 11.8 Å². The molecule has 0 unspecified atom stereocenters. The van der Waals surface area contributed by atoms with Gasteiger partial charge in [-0.25, -0.2) is 4.98 Å². The van der Waals surface area contributed by atoms with Crippen molar-refractivity contribution < 1.29 is 17.9 Å². The van der Waals surface area contributed by atoms with Crippen LogP contribution in [0.2, 0.25) is 0 Å². The lowest BCUT2D eigenvalue weighted by Crippen LogP contribution is -2.10. The molecule has 2 aromatic carbocycles. The summed E-state index contributed by atoms with van der Waals surface area (Å²) in [6.07, 6.45) is -4.58. The largest absolute Gasteiger partial charge is 0.439 e. The minimum atomic E-state index is -4.58. The topological polar surface area (TPSA) is 35.0 Å². The van der Waals surface area contributed by atoms with Gasteiger partial charge in [0.2, 0.25) is 5.88 Å². The van der Waals surface area contributed by atoms with Crippen molar-refractivity contribution >= 4 is 11.8 Å². The van der Waals surface area contributed by atoms with Gasteiger partial charge in [-0.05, 0) is 37.1 Å². The molecule has 0 bridgehead atoms. The molecule has 0 spiro atoms. The van der Waals surface area contributed by atoms with Gasteiger partial charge >= 0.3 is 6.18 Å². The van der Waals surface area contributed by atoms with E-state index in [4.69, 9.17) is 4.74 Å². The zero-order chi connectivity index (χ0) is 19.4. The summed E-state index contributed by atoms with van der Waals surface area (Å²) in [5, 5.41) is 0.0233. The van der Waals surface area contributed by atoms with E-state index in [1.165, 1.54) is 0 Å². The maximum absolute atomic E-state index is 13.2. The van der Waals surface area contributed by atoms with Crippen molar-refractivity contribution in [2.75, 3.05) is 0 Å². The van der Waals surface area contributed by atoms with Gasteiger partial charge in [0.15, 0.2) is 10.9 Å². The third-order valence-electron chi connectivity index (χ3n) is 3.83. The molecule has 0 aliphatic carbocycles. The highest BCUT2D eigenvalue weighted by Gasteiger charge is 2.34. The molecule has 0 saturated heterocycles. The number of alkyl halides is 3. The third-order valence-corrected chi connectivity index (χ3v) is 4.73. The molecule has 140 valence electrons. The number of thioether (sulfide) groups is 1. The molecule has 0 amide bonds. The molecule has 0 aliphatic heterocycles. The van der Waals surface area contributed by atoms with E-state index in [0.717, 1.165) is 34.5 Å². The molecule has 0 fully saturated rings. The van der Waals surface area contributed by atoms with Crippen LogP contribution in [-0.4, -0.2) is 9.97 Å². The van der Waals surface area contributed by atoms with Crippen LogP contribution in [0.4, 0.5) is 13.2 Å². The zero-order valence-electron chi connectivity index (χ0n) is 14.7. The first-order chi connectivity index (χ1) is 12.8. The number of hydrogen-bond donors (Lipinski definition) is 0. The van der Waals surface area contributed by atoms with Crippen molar-refractivity contribution in [2.45, 2.75) is 30.9 Å². The van der Waals surface area contributed by atoms with Crippen molar-refractivity contribution in [2.24, 2.45) is 0 Å². The lowest BCUT2D eigenvalue weighted by molar-refractivity contribution is -0.141. The number of rotatable bonds is 5. The first-order valence-electron chi connectivity index (χ1n) is 8.19. The van der Waals surface area contributed by atoms with Crippen LogP contribution in [0.3, 0.4) is 0 Å². The number of halogens is 3. The number of hydrogen-bond acceptors (Lipinski definition) is 4. The fourth-order valence-corrected chi connectivity index (χ4v) is 3.23. The number of nitrogens with zero attached hydrogens (tertiary/aromatic N) is 2. The highest BCUT2D eigenvalue weighted by Crippen LogP contribution is 2.33. The fourth-order valence-electron chi connectivity index (χ4n) is 2.31. The highest BCUT2D eigenvalue weighted by atomic mass is 32.2. The Morgan fingerprint density at radius 1 is 0.963 bits per heavy atom. The second kappa shape index (κ2) is 8.00. The van der Waals surface area contributed by atoms with E-state index in [2.05, 4.69) is 9.97 Å². The van der Waals surface area contributed by atoms with Crippen LogP contribution in [0.5, 0.6) is 11.6 Å². The van der Waals surface area contributed by atoms with Crippen molar-refractivity contribution in [3.63, 3.8) is 0 Å². The summed E-state index contributed by atoms with van der Waals surface area (Å²) in [5.41, 5.74) is 2.08. The quantitative estimate of drug-likeness (QED) is 0.384. The molecular formula is C20H17F3N2OS. The minimum Gasteiger partial charge on any atom is -0.439 e. The molecule has 0 radical (unpaired) electrons. The maximum atomic E-state index is 13.2. The van der Waals surface area contributed by atoms with Gasteiger partial charge in [-0.15, -0.1) is 0 Å². The second-order valence-corrected chi connectivity index (χ2v) is 6.94. The Kier molecular flexibility index (Phi) is 5.70. The summed E-state index contributed by atoms with van der Waals surface area (Å²) in [7, 11) is 0. The molecule has 0 saturated carbocycles. The van der Waals surface area contributed by atoms with Gasteiger partial charge in [-0.3, -0.25) is 0 Å². The second-order valence-electron chi connectivity index (χ2n) is 6.00. The van der Waals surface area contributed by atoms with Crippen LogP contribution in [0.15, 0.2) is 59.8 Å². The molecule has 0 atom stereocenters. The molecule has 7 heteroatoms. The molecule has 1 heterocycles. The van der Waals surface area contributed by atoms with E-state index in [0.29, 0.717) is 11.5 Å². The summed E-state index contributed by atoms with van der Waals surface area (Å²) in [6.45, 7) is 3.87. The molecule has 1 aromatic heterocycles. The number of aromatic nitrogens is 2. The van der Waals surface area contributed by atoms with E-state index >= 15 is 0 Å². The predicted molar refractivity (Wildman–Crippen MR) is 99.0 cm³/mol. The van der Waals surface area contributed by atoms with Crippen LogP contribution < -0.4 is 4.74 Å². The van der Waals surface area contributed by atoms with Gasteiger partial charge in [0.25, 0.3) is 0 Å². The average Bonchev–Trinajstić information content (AvgIpc) is 2.62. The minimum absolute atomic E-state index is 0.0233. The van der Waals surface area contributed by atoms with Crippen molar-refractivity contribution in [1.29, 1.82) is 0 Å². The molecule has 27 heavy (non-hydrogen) atoms. The lowest BCUT2D eigenvalue weighted by Gasteiger charge is -2.11. The van der Waals surface area contributed by atoms with Gasteiger partial charge in [0, 0.05) is 11.8 Å². The smallest absolute Gasteiger partial charge is 0.433 e. The Morgan fingerprint density at radius 3 is 2.33 bits per heavy atom. The summed E-state index contributed by atoms with van der Waals surface area (Å²) in [6, 6.07) is 15.5. The highest BCUT2D eigenvalue weighted by molar-refractivity contribution is 7.98. The zero-order valence-corrected chi connectivity index (χ0v) is 15.6. The Labute approximate surface area is 159 Å². The van der Waals surface area contributed by atoms with E-state index in [1.54, 1.807) is 12.1 Å². The Balaban J connectivity index is 1.86. The standard InChI is InChI=1S/C20H17F3N2OS/c1-13-7-9-16(10-8-13)26-18-11-17(20(21,22)23)24-19(25-18)27-12-15-6-4-3-5-14(15)2/h3-11H,12H2,1-2H3. The van der Waals surface area contributed by atoms with Crippen LogP contribution in [0.1, 0.15) is 22.4 Å². The first-order valence-corrected chi connectivity index (χ1v) is 9.18. The van der Waals surface area contributed by atoms with Crippen molar-refractivity contribution in [3.05, 3.63) is 77.0 Å². The predicted octanol–water partition coefficient (Wildman–Crippen LogP) is 6.20. The fraction of sp³-hybridized carbons (Fsp3) is 0.200. The van der Waals surface area contributed by atoms with Crippen LogP contribution in [-0.2, 0) is 11.9 Å². The SMILES string of the molecule is Cc1ccc(Oc2cc(C(F)(F)F)nc(SCc3ccccc3C)n2)cc1. The summed E-state index contributed by atoms with van der Waals surface area (Å²) in [4.78, 5) is 7.79. The Morgan fingerprint density at radius 2 is 1.67 bits per heavy atom. The van der Waals surface area contributed by atoms with Gasteiger partial charge in [-0.2, -0.15) is 18.2 Å². The molecule has 3 aromatic rings. The molecule has 3 rings (SSSR count). The molecule has 0 N–H and O–H groups in total. The van der Waals surface area contributed by atoms with E-state index in [-0.39, 0.29) is 11.0 Å². The molecule has 0 aliphatic rings. The number of aryl methyl sites for hydroxylation is 2. The van der Waals surface area contributed by atoms with Gasteiger partial charge in [0.1, 0.15) is 5.75 Å². The number of ether oxygens (including phenoxy) is 1. The Hall–Kier alpha value is -2.54. The van der Waals surface area contributed by atoms with Gasteiger partial charge < -0.3 is 4.74 Å². The third kappa shape index (κ3) is 5.23. The summed E-state index contributed by atoms with van der Waals surface area (Å²) < 4.78 is 45.2. The van der Waals surface area contributed by atoms with E-state index in [9.17, 15) is 13.2 Å². The lowest BCUT2D eigenvalue weighted by atomic mass is 10.1. The summed E-state index contributed by atoms with van der Waals surface area (Å²) >= 11 is 1.14. The number of benzene rings is 2. The average molecular weight is 390 g/mol. The normalized spacial score (nSPS) is 11.4. The molecular weight excluding hydrogens is 373 g/mol. The van der Waals surface area contributed by atoms with Gasteiger partial charge in [0.05, 0.1) is 0 Å². The van der Waals surface area contributed by atoms with Crippen molar-refractivity contribution in [1.82, 2.24) is 9.97 Å². The van der Waals surface area contributed by atoms with Crippen molar-refractivity contribution in [3.8, 4) is 11.6 Å². The monoisotopic (exact) mass is 390 g/mol. The molecule has 3 nitrogen and oxygen atoms in total. The maximum Gasteiger partial charge on any atom is 0.433 e. The van der Waals surface area contributed by atoms with Crippen LogP contribution in [0.25, 0.3) is 0 Å². The van der Waals surface area contributed by atoms with Gasteiger partial charge in [-0.1, -0.05) is 53.7 Å². The Bertz CT molecular complexity index is 927. The van der Waals surface area contributed by atoms with E-state index < -0.39 is 11.9 Å². The first kappa shape index (κ1) is 19.2. The van der Waals surface area contributed by atoms with E-state index in [1.807, 2.05) is 50.2 Å². The summed E-state index contributed by atoms with van der Waals surface area (Å²) in [5.74, 6) is 0.758. The van der Waals surface area contributed by atoms with Crippen LogP contribution in [0, 0.1) is 13.8 Å².